The molecule has 0 aromatic carbocycles. The highest BCUT2D eigenvalue weighted by Gasteiger charge is 2.41. The Morgan fingerprint density at radius 2 is 1.96 bits per heavy atom. The van der Waals surface area contributed by atoms with E-state index in [9.17, 15) is 4.39 Å². The molecule has 2 aliphatic rings. The van der Waals surface area contributed by atoms with Gasteiger partial charge < -0.3 is 9.42 Å². The fourth-order valence-electron chi connectivity index (χ4n) is 3.86. The van der Waals surface area contributed by atoms with E-state index in [2.05, 4.69) is 29.9 Å². The van der Waals surface area contributed by atoms with E-state index in [1.54, 1.807) is 6.92 Å². The van der Waals surface area contributed by atoms with Gasteiger partial charge >= 0.3 is 0 Å². The van der Waals surface area contributed by atoms with Crippen LogP contribution in [0.3, 0.4) is 0 Å². The fourth-order valence-corrected chi connectivity index (χ4v) is 3.86. The van der Waals surface area contributed by atoms with Crippen molar-refractivity contribution < 1.29 is 8.91 Å². The van der Waals surface area contributed by atoms with Gasteiger partial charge in [0.15, 0.2) is 17.5 Å². The lowest BCUT2D eigenvalue weighted by molar-refractivity contribution is 0.292. The second-order valence-corrected chi connectivity index (χ2v) is 6.66. The molecular formula is C16H21FN6O. The summed E-state index contributed by atoms with van der Waals surface area (Å²) in [5, 5.41) is 3.96. The molecule has 4 heterocycles. The predicted molar refractivity (Wildman–Crippen MR) is 84.9 cm³/mol. The van der Waals surface area contributed by atoms with Crippen LogP contribution in [0.25, 0.3) is 0 Å². The lowest BCUT2D eigenvalue weighted by Crippen LogP contribution is -2.30. The minimum atomic E-state index is -0.265. The molecular weight excluding hydrogens is 311 g/mol. The van der Waals surface area contributed by atoms with Crippen LogP contribution in [0.5, 0.6) is 0 Å². The van der Waals surface area contributed by atoms with Crippen molar-refractivity contribution in [3.8, 4) is 0 Å². The van der Waals surface area contributed by atoms with Gasteiger partial charge in [0.25, 0.3) is 0 Å². The molecule has 2 saturated heterocycles. The van der Waals surface area contributed by atoms with Crippen molar-refractivity contribution in [1.29, 1.82) is 0 Å². The molecule has 2 aromatic rings. The van der Waals surface area contributed by atoms with Crippen LogP contribution >= 0.6 is 0 Å². The Balaban J connectivity index is 1.41. The summed E-state index contributed by atoms with van der Waals surface area (Å²) in [7, 11) is 0. The summed E-state index contributed by atoms with van der Waals surface area (Å²) in [5.41, 5.74) is 0.492. The van der Waals surface area contributed by atoms with Gasteiger partial charge in [-0.3, -0.25) is 4.90 Å². The second kappa shape index (κ2) is 6.08. The Morgan fingerprint density at radius 3 is 2.58 bits per heavy atom. The van der Waals surface area contributed by atoms with Crippen LogP contribution in [0.4, 0.5) is 10.2 Å². The first kappa shape index (κ1) is 15.4. The topological polar surface area (TPSA) is 71.2 Å². The third kappa shape index (κ3) is 2.75. The van der Waals surface area contributed by atoms with Crippen molar-refractivity contribution in [2.75, 3.05) is 31.1 Å². The summed E-state index contributed by atoms with van der Waals surface area (Å²) in [6.45, 7) is 8.04. The SMILES string of the molecule is CCc1ncnc(N2CC3CN(Cc4noc(C)n4)CC3C2)c1F. The molecule has 0 amide bonds. The number of anilines is 1. The van der Waals surface area contributed by atoms with E-state index in [1.807, 2.05) is 6.92 Å². The maximum atomic E-state index is 14.5. The van der Waals surface area contributed by atoms with Gasteiger partial charge in [-0.2, -0.15) is 4.98 Å². The van der Waals surface area contributed by atoms with Crippen LogP contribution in [0, 0.1) is 24.6 Å². The zero-order valence-corrected chi connectivity index (χ0v) is 13.9. The summed E-state index contributed by atoms with van der Waals surface area (Å²) in [6, 6.07) is 0. The highest BCUT2D eigenvalue weighted by atomic mass is 19.1. The van der Waals surface area contributed by atoms with Gasteiger partial charge in [-0.25, -0.2) is 14.4 Å². The van der Waals surface area contributed by atoms with Crippen molar-refractivity contribution in [2.24, 2.45) is 11.8 Å². The summed E-state index contributed by atoms with van der Waals surface area (Å²) in [6.07, 6.45) is 2.05. The predicted octanol–water partition coefficient (Wildman–Crippen LogP) is 1.44. The molecule has 0 N–H and O–H groups in total. The van der Waals surface area contributed by atoms with Crippen LogP contribution in [0.2, 0.25) is 0 Å². The molecule has 24 heavy (non-hydrogen) atoms. The van der Waals surface area contributed by atoms with E-state index < -0.39 is 0 Å². The van der Waals surface area contributed by atoms with Gasteiger partial charge in [-0.15, -0.1) is 0 Å². The Morgan fingerprint density at radius 1 is 1.21 bits per heavy atom. The third-order valence-electron chi connectivity index (χ3n) is 4.97. The average molecular weight is 332 g/mol. The largest absolute Gasteiger partial charge is 0.353 e. The molecule has 2 fully saturated rings. The summed E-state index contributed by atoms with van der Waals surface area (Å²) in [4.78, 5) is 16.9. The molecule has 4 rings (SSSR count). The molecule has 128 valence electrons. The van der Waals surface area contributed by atoms with E-state index >= 15 is 0 Å². The lowest BCUT2D eigenvalue weighted by Gasteiger charge is -2.22. The van der Waals surface area contributed by atoms with Crippen LogP contribution in [0.1, 0.15) is 24.3 Å². The summed E-state index contributed by atoms with van der Waals surface area (Å²) in [5.74, 6) is 2.57. The van der Waals surface area contributed by atoms with Gasteiger partial charge in [0, 0.05) is 33.1 Å². The van der Waals surface area contributed by atoms with Crippen molar-refractivity contribution in [2.45, 2.75) is 26.8 Å². The van der Waals surface area contributed by atoms with Crippen molar-refractivity contribution >= 4 is 5.82 Å². The summed E-state index contributed by atoms with van der Waals surface area (Å²) < 4.78 is 19.5. The number of rotatable bonds is 4. The van der Waals surface area contributed by atoms with Gasteiger partial charge in [0.1, 0.15) is 6.33 Å². The minimum Gasteiger partial charge on any atom is -0.353 e. The number of fused-ring (bicyclic) bond motifs is 1. The smallest absolute Gasteiger partial charge is 0.223 e. The van der Waals surface area contributed by atoms with Gasteiger partial charge in [-0.1, -0.05) is 12.1 Å². The number of nitrogens with zero attached hydrogens (tertiary/aromatic N) is 6. The fraction of sp³-hybridized carbons (Fsp3) is 0.625. The molecule has 8 heteroatoms. The number of aromatic nitrogens is 4. The van der Waals surface area contributed by atoms with E-state index in [4.69, 9.17) is 4.52 Å². The molecule has 0 radical (unpaired) electrons. The van der Waals surface area contributed by atoms with E-state index in [0.717, 1.165) is 32.0 Å². The van der Waals surface area contributed by atoms with Crippen LogP contribution in [0.15, 0.2) is 10.9 Å². The normalized spacial score (nSPS) is 23.9. The molecule has 2 atom stereocenters. The Kier molecular flexibility index (Phi) is 3.91. The van der Waals surface area contributed by atoms with Gasteiger partial charge in [0.05, 0.1) is 12.2 Å². The first-order chi connectivity index (χ1) is 11.6. The Bertz CT molecular complexity index is 721. The van der Waals surface area contributed by atoms with E-state index in [1.165, 1.54) is 6.33 Å². The zero-order chi connectivity index (χ0) is 16.7. The first-order valence-electron chi connectivity index (χ1n) is 8.40. The molecule has 0 aliphatic carbocycles. The van der Waals surface area contributed by atoms with Gasteiger partial charge in [-0.05, 0) is 18.3 Å². The molecule has 0 spiro atoms. The number of hydrogen-bond donors (Lipinski definition) is 0. The standard InChI is InChI=1S/C16H21FN6O/c1-3-13-15(17)16(19-9-18-13)23-6-11-4-22(5-12(11)7-23)8-14-20-10(2)24-21-14/h9,11-12H,3-8H2,1-2H3. The Hall–Kier alpha value is -2.09. The Labute approximate surface area is 139 Å². The molecule has 2 aliphatic heterocycles. The average Bonchev–Trinajstić information content (AvgIpc) is 3.23. The molecule has 0 saturated carbocycles. The maximum absolute atomic E-state index is 14.5. The monoisotopic (exact) mass is 332 g/mol. The molecule has 7 nitrogen and oxygen atoms in total. The maximum Gasteiger partial charge on any atom is 0.223 e. The van der Waals surface area contributed by atoms with E-state index in [-0.39, 0.29) is 5.82 Å². The van der Waals surface area contributed by atoms with Crippen LogP contribution in [-0.4, -0.2) is 51.2 Å². The zero-order valence-electron chi connectivity index (χ0n) is 13.9. The first-order valence-corrected chi connectivity index (χ1v) is 8.40. The number of halogens is 1. The minimum absolute atomic E-state index is 0.265. The van der Waals surface area contributed by atoms with E-state index in [0.29, 0.717) is 42.2 Å². The molecule has 2 unspecified atom stereocenters. The summed E-state index contributed by atoms with van der Waals surface area (Å²) >= 11 is 0. The number of hydrogen-bond acceptors (Lipinski definition) is 7. The van der Waals surface area contributed by atoms with Crippen molar-refractivity contribution in [3.05, 3.63) is 29.6 Å². The molecule has 2 aromatic heterocycles. The number of aryl methyl sites for hydroxylation is 2. The third-order valence-corrected chi connectivity index (χ3v) is 4.97. The van der Waals surface area contributed by atoms with Crippen molar-refractivity contribution in [3.63, 3.8) is 0 Å². The molecule has 0 bridgehead atoms. The highest BCUT2D eigenvalue weighted by molar-refractivity contribution is 5.43. The quantitative estimate of drug-likeness (QED) is 0.839. The van der Waals surface area contributed by atoms with Gasteiger partial charge in [0.2, 0.25) is 5.89 Å². The van der Waals surface area contributed by atoms with Crippen LogP contribution < -0.4 is 4.90 Å². The lowest BCUT2D eigenvalue weighted by atomic mass is 10.0. The van der Waals surface area contributed by atoms with Crippen LogP contribution in [-0.2, 0) is 13.0 Å². The second-order valence-electron chi connectivity index (χ2n) is 6.66. The highest BCUT2D eigenvalue weighted by Crippen LogP contribution is 2.34. The number of likely N-dealkylation sites (tertiary alicyclic amines) is 1. The van der Waals surface area contributed by atoms with Crippen molar-refractivity contribution in [1.82, 2.24) is 25.0 Å².